The molecule has 0 spiro atoms. The molecule has 0 saturated heterocycles. The molecule has 112 valence electrons. The minimum Gasteiger partial charge on any atom is -0.481 e. The number of nitrogens with one attached hydrogen (secondary N) is 2. The third-order valence-electron chi connectivity index (χ3n) is 2.73. The molecule has 3 unspecified atom stereocenters. The molecule has 1 amide bonds. The normalized spacial score (nSPS) is 16.4. The van der Waals surface area contributed by atoms with Gasteiger partial charge in [0.2, 0.25) is 15.9 Å². The molecule has 7 nitrogen and oxygen atoms in total. The summed E-state index contributed by atoms with van der Waals surface area (Å²) in [5.74, 6) is -2.36. The second kappa shape index (κ2) is 7.44. The first-order chi connectivity index (χ1) is 8.60. The lowest BCUT2D eigenvalue weighted by atomic mass is 10.0. The molecule has 0 rings (SSSR count). The Kier molecular flexibility index (Phi) is 6.99. The monoisotopic (exact) mass is 294 g/mol. The molecule has 3 atom stereocenters. The minimum atomic E-state index is -3.48. The summed E-state index contributed by atoms with van der Waals surface area (Å²) in [6.45, 7) is 6.17. The van der Waals surface area contributed by atoms with E-state index >= 15 is 0 Å². The van der Waals surface area contributed by atoms with Gasteiger partial charge in [-0.25, -0.2) is 13.1 Å². The molecule has 0 aliphatic rings. The van der Waals surface area contributed by atoms with Gasteiger partial charge in [0.05, 0.1) is 17.7 Å². The number of carbonyl (C=O) groups excluding carboxylic acids is 1. The molecule has 8 heteroatoms. The Morgan fingerprint density at radius 2 is 1.74 bits per heavy atom. The summed E-state index contributed by atoms with van der Waals surface area (Å²) in [5.41, 5.74) is 0. The van der Waals surface area contributed by atoms with Gasteiger partial charge in [-0.1, -0.05) is 6.92 Å². The largest absolute Gasteiger partial charge is 0.481 e. The van der Waals surface area contributed by atoms with Crippen molar-refractivity contribution in [2.24, 2.45) is 5.92 Å². The SMILES string of the molecule is CCCS(=O)(=O)NC(C)C(=O)NC(C)C(C)C(=O)O. The average Bonchev–Trinajstić information content (AvgIpc) is 2.26. The van der Waals surface area contributed by atoms with Gasteiger partial charge in [-0.15, -0.1) is 0 Å². The van der Waals surface area contributed by atoms with E-state index in [0.717, 1.165) is 0 Å². The lowest BCUT2D eigenvalue weighted by Crippen LogP contribution is -2.50. The fourth-order valence-electron chi connectivity index (χ4n) is 1.34. The molecule has 0 saturated carbocycles. The van der Waals surface area contributed by atoms with Crippen LogP contribution in [0.15, 0.2) is 0 Å². The Morgan fingerprint density at radius 3 is 2.16 bits per heavy atom. The van der Waals surface area contributed by atoms with Crippen LogP contribution in [0.5, 0.6) is 0 Å². The number of sulfonamides is 1. The second-order valence-corrected chi connectivity index (χ2v) is 6.46. The highest BCUT2D eigenvalue weighted by molar-refractivity contribution is 7.89. The molecule has 3 N–H and O–H groups in total. The third-order valence-corrected chi connectivity index (χ3v) is 4.39. The predicted molar refractivity (Wildman–Crippen MR) is 71.1 cm³/mol. The maximum Gasteiger partial charge on any atom is 0.308 e. The van der Waals surface area contributed by atoms with Crippen LogP contribution < -0.4 is 10.0 Å². The van der Waals surface area contributed by atoms with E-state index in [1.165, 1.54) is 13.8 Å². The number of amides is 1. The zero-order valence-electron chi connectivity index (χ0n) is 11.6. The average molecular weight is 294 g/mol. The van der Waals surface area contributed by atoms with Gasteiger partial charge in [-0.2, -0.15) is 0 Å². The predicted octanol–water partition coefficient (Wildman–Crippen LogP) is -0.0703. The Labute approximate surface area is 113 Å². The standard InChI is InChI=1S/C11H22N2O5S/c1-5-6-19(17,18)13-9(4)10(14)12-8(3)7(2)11(15)16/h7-9,13H,5-6H2,1-4H3,(H,12,14)(H,15,16). The van der Waals surface area contributed by atoms with Crippen molar-refractivity contribution in [3.05, 3.63) is 0 Å². The van der Waals surface area contributed by atoms with Crippen LogP contribution in [0.4, 0.5) is 0 Å². The molecule has 0 aromatic carbocycles. The Morgan fingerprint density at radius 1 is 1.21 bits per heavy atom. The smallest absolute Gasteiger partial charge is 0.308 e. The molecular weight excluding hydrogens is 272 g/mol. The van der Waals surface area contributed by atoms with Crippen LogP contribution in [0.25, 0.3) is 0 Å². The highest BCUT2D eigenvalue weighted by Gasteiger charge is 2.25. The summed E-state index contributed by atoms with van der Waals surface area (Å²) in [4.78, 5) is 22.5. The van der Waals surface area contributed by atoms with E-state index in [1.807, 2.05) is 0 Å². The molecule has 0 bridgehead atoms. The van der Waals surface area contributed by atoms with Gasteiger partial charge in [0.15, 0.2) is 0 Å². The van der Waals surface area contributed by atoms with Gasteiger partial charge >= 0.3 is 5.97 Å². The fraction of sp³-hybridized carbons (Fsp3) is 0.818. The molecule has 0 heterocycles. The van der Waals surface area contributed by atoms with Crippen molar-refractivity contribution in [3.63, 3.8) is 0 Å². The van der Waals surface area contributed by atoms with Crippen molar-refractivity contribution in [2.75, 3.05) is 5.75 Å². The fourth-order valence-corrected chi connectivity index (χ4v) is 2.64. The van der Waals surface area contributed by atoms with Gasteiger partial charge in [-0.3, -0.25) is 9.59 Å². The van der Waals surface area contributed by atoms with Crippen LogP contribution >= 0.6 is 0 Å². The van der Waals surface area contributed by atoms with E-state index in [-0.39, 0.29) is 5.75 Å². The van der Waals surface area contributed by atoms with Crippen molar-refractivity contribution in [1.29, 1.82) is 0 Å². The molecule has 0 fully saturated rings. The topological polar surface area (TPSA) is 113 Å². The lowest BCUT2D eigenvalue weighted by Gasteiger charge is -2.21. The van der Waals surface area contributed by atoms with E-state index in [4.69, 9.17) is 5.11 Å². The van der Waals surface area contributed by atoms with E-state index < -0.39 is 39.9 Å². The van der Waals surface area contributed by atoms with Crippen LogP contribution in [0, 0.1) is 5.92 Å². The molecular formula is C11H22N2O5S. The van der Waals surface area contributed by atoms with E-state index in [2.05, 4.69) is 10.0 Å². The molecule has 0 aromatic rings. The quantitative estimate of drug-likeness (QED) is 0.580. The van der Waals surface area contributed by atoms with Gasteiger partial charge < -0.3 is 10.4 Å². The first kappa shape index (κ1) is 17.8. The van der Waals surface area contributed by atoms with Crippen LogP contribution in [-0.4, -0.2) is 43.2 Å². The number of rotatable bonds is 8. The Balaban J connectivity index is 4.47. The molecule has 19 heavy (non-hydrogen) atoms. The first-order valence-electron chi connectivity index (χ1n) is 6.14. The Bertz CT molecular complexity index is 421. The first-order valence-corrected chi connectivity index (χ1v) is 7.79. The van der Waals surface area contributed by atoms with Gasteiger partial charge in [0.25, 0.3) is 0 Å². The number of carbonyl (C=O) groups is 2. The number of aliphatic carboxylic acids is 1. The number of carboxylic acids is 1. The highest BCUT2D eigenvalue weighted by Crippen LogP contribution is 2.03. The second-order valence-electron chi connectivity index (χ2n) is 4.58. The lowest BCUT2D eigenvalue weighted by molar-refractivity contribution is -0.142. The van der Waals surface area contributed by atoms with Crippen LogP contribution in [0.3, 0.4) is 0 Å². The van der Waals surface area contributed by atoms with Crippen molar-refractivity contribution in [2.45, 2.75) is 46.2 Å². The summed E-state index contributed by atoms with van der Waals surface area (Å²) >= 11 is 0. The summed E-state index contributed by atoms with van der Waals surface area (Å²) < 4.78 is 25.2. The zero-order valence-corrected chi connectivity index (χ0v) is 12.5. The van der Waals surface area contributed by atoms with Gasteiger partial charge in [-0.05, 0) is 27.2 Å². The van der Waals surface area contributed by atoms with E-state index in [9.17, 15) is 18.0 Å². The van der Waals surface area contributed by atoms with Crippen molar-refractivity contribution in [3.8, 4) is 0 Å². The maximum absolute atomic E-state index is 11.7. The summed E-state index contributed by atoms with van der Waals surface area (Å²) in [7, 11) is -3.48. The van der Waals surface area contributed by atoms with E-state index in [0.29, 0.717) is 6.42 Å². The highest BCUT2D eigenvalue weighted by atomic mass is 32.2. The van der Waals surface area contributed by atoms with Crippen molar-refractivity contribution < 1.29 is 23.1 Å². The van der Waals surface area contributed by atoms with Gasteiger partial charge in [0.1, 0.15) is 0 Å². The van der Waals surface area contributed by atoms with Crippen LogP contribution in [-0.2, 0) is 19.6 Å². The molecule has 0 aliphatic heterocycles. The van der Waals surface area contributed by atoms with Crippen molar-refractivity contribution >= 4 is 21.9 Å². The van der Waals surface area contributed by atoms with Gasteiger partial charge in [0, 0.05) is 6.04 Å². The molecule has 0 radical (unpaired) electrons. The molecule has 0 aliphatic carbocycles. The minimum absolute atomic E-state index is 0.0499. The zero-order chi connectivity index (χ0) is 15.2. The van der Waals surface area contributed by atoms with Crippen LogP contribution in [0.1, 0.15) is 34.1 Å². The Hall–Kier alpha value is -1.15. The number of hydrogen-bond donors (Lipinski definition) is 3. The van der Waals surface area contributed by atoms with Crippen molar-refractivity contribution in [1.82, 2.24) is 10.0 Å². The maximum atomic E-state index is 11.7. The van der Waals surface area contributed by atoms with E-state index in [1.54, 1.807) is 13.8 Å². The molecule has 0 aromatic heterocycles. The summed E-state index contributed by atoms with van der Waals surface area (Å²) in [6.07, 6.45) is 0.454. The summed E-state index contributed by atoms with van der Waals surface area (Å²) in [5, 5.41) is 11.3. The number of carboxylic acid groups (broad SMARTS) is 1. The third kappa shape index (κ3) is 6.53. The van der Waals surface area contributed by atoms with Crippen LogP contribution in [0.2, 0.25) is 0 Å². The number of hydrogen-bond acceptors (Lipinski definition) is 4. The summed E-state index contributed by atoms with van der Waals surface area (Å²) in [6, 6.07) is -1.51.